The highest BCUT2D eigenvalue weighted by molar-refractivity contribution is 5.40. The summed E-state index contributed by atoms with van der Waals surface area (Å²) in [7, 11) is 0. The molecule has 3 rings (SSSR count). The zero-order chi connectivity index (χ0) is 26.7. The zero-order valence-electron chi connectivity index (χ0n) is 23.0. The third-order valence-corrected chi connectivity index (χ3v) is 6.64. The monoisotopic (exact) mass is 530 g/mol. The van der Waals surface area contributed by atoms with Gasteiger partial charge in [0.05, 0.1) is 26.4 Å². The van der Waals surface area contributed by atoms with Crippen LogP contribution in [0.1, 0.15) is 64.7 Å². The van der Waals surface area contributed by atoms with Crippen molar-refractivity contribution in [2.45, 2.75) is 70.3 Å². The predicted molar refractivity (Wildman–Crippen MR) is 149 cm³/mol. The number of aliphatic hydroxyl groups is 1. The van der Waals surface area contributed by atoms with Crippen LogP contribution in [-0.2, 0) is 9.47 Å². The Hall–Kier alpha value is -2.48. The van der Waals surface area contributed by atoms with E-state index >= 15 is 0 Å². The second-order valence-corrected chi connectivity index (χ2v) is 9.76. The largest absolute Gasteiger partial charge is 0.487 e. The van der Waals surface area contributed by atoms with Crippen molar-refractivity contribution >= 4 is 0 Å². The lowest BCUT2D eigenvalue weighted by Gasteiger charge is -2.34. The minimum Gasteiger partial charge on any atom is -0.487 e. The van der Waals surface area contributed by atoms with Gasteiger partial charge in [-0.1, -0.05) is 82.6 Å². The molecule has 1 aliphatic heterocycles. The Morgan fingerprint density at radius 3 is 1.63 bits per heavy atom. The van der Waals surface area contributed by atoms with Crippen molar-refractivity contribution in [3.63, 3.8) is 0 Å². The number of hydrogen-bond acceptors (Lipinski definition) is 7. The van der Waals surface area contributed by atoms with Gasteiger partial charge in [0.25, 0.3) is 0 Å². The number of fused-ring (bicyclic) bond motifs is 2. The first-order valence-electron chi connectivity index (χ1n) is 14.3. The molecule has 0 aliphatic carbocycles. The molecule has 2 aromatic rings. The van der Waals surface area contributed by atoms with Gasteiger partial charge in [-0.25, -0.2) is 0 Å². The first kappa shape index (κ1) is 30.1. The van der Waals surface area contributed by atoms with Crippen LogP contribution < -0.4 is 18.9 Å². The van der Waals surface area contributed by atoms with E-state index in [1.54, 1.807) is 0 Å². The summed E-state index contributed by atoms with van der Waals surface area (Å²) in [5.41, 5.74) is -0.745. The number of unbranched alkanes of at least 4 members (excludes halogenated alkanes) is 7. The van der Waals surface area contributed by atoms with Crippen LogP contribution in [0.2, 0.25) is 0 Å². The molecule has 0 saturated carbocycles. The Labute approximate surface area is 228 Å². The number of ether oxygens (including phenoxy) is 6. The van der Waals surface area contributed by atoms with E-state index in [2.05, 4.69) is 6.92 Å². The Kier molecular flexibility index (Phi) is 14.2. The number of benzene rings is 2. The van der Waals surface area contributed by atoms with Crippen LogP contribution in [0.15, 0.2) is 48.5 Å². The number of aliphatic hydroxyl groups excluding tert-OH is 1. The van der Waals surface area contributed by atoms with Gasteiger partial charge >= 0.3 is 0 Å². The summed E-state index contributed by atoms with van der Waals surface area (Å²) in [6.07, 6.45) is 10.5. The molecular formula is C31H46O7. The quantitative estimate of drug-likeness (QED) is 0.327. The van der Waals surface area contributed by atoms with E-state index in [4.69, 9.17) is 28.4 Å². The average molecular weight is 531 g/mol. The minimum atomic E-state index is -0.745. The highest BCUT2D eigenvalue weighted by atomic mass is 16.6. The molecule has 1 heterocycles. The molecule has 7 heteroatoms. The van der Waals surface area contributed by atoms with E-state index in [-0.39, 0.29) is 26.4 Å². The van der Waals surface area contributed by atoms with E-state index < -0.39 is 5.60 Å². The fraction of sp³-hybridized carbons (Fsp3) is 0.613. The fourth-order valence-electron chi connectivity index (χ4n) is 4.50. The first-order chi connectivity index (χ1) is 18.8. The molecule has 7 nitrogen and oxygen atoms in total. The summed E-state index contributed by atoms with van der Waals surface area (Å²) in [4.78, 5) is 0. The first-order valence-corrected chi connectivity index (χ1v) is 14.3. The maximum atomic E-state index is 9.62. The molecule has 212 valence electrons. The van der Waals surface area contributed by atoms with Crippen molar-refractivity contribution in [3.8, 4) is 23.0 Å². The van der Waals surface area contributed by atoms with Gasteiger partial charge in [-0.05, 0) is 30.7 Å². The molecule has 0 spiro atoms. The SMILES string of the molecule is CCCCCCCCCCC1(OCCO)COc2ccccc2OCCOCCOc2ccccc2OC1. The topological polar surface area (TPSA) is 75.6 Å². The van der Waals surface area contributed by atoms with Crippen LogP contribution in [0.4, 0.5) is 0 Å². The Morgan fingerprint density at radius 1 is 0.658 bits per heavy atom. The van der Waals surface area contributed by atoms with Crippen molar-refractivity contribution in [2.24, 2.45) is 0 Å². The Bertz CT molecular complexity index is 833. The zero-order valence-corrected chi connectivity index (χ0v) is 23.0. The lowest BCUT2D eigenvalue weighted by atomic mass is 9.96. The lowest BCUT2D eigenvalue weighted by molar-refractivity contribution is -0.111. The molecular weight excluding hydrogens is 484 g/mol. The third kappa shape index (κ3) is 10.7. The summed E-state index contributed by atoms with van der Waals surface area (Å²) < 4.78 is 36.5. The van der Waals surface area contributed by atoms with Gasteiger partial charge in [-0.2, -0.15) is 0 Å². The molecule has 0 fully saturated rings. The third-order valence-electron chi connectivity index (χ3n) is 6.64. The minimum absolute atomic E-state index is 0.0709. The maximum absolute atomic E-state index is 9.62. The van der Waals surface area contributed by atoms with E-state index in [0.717, 1.165) is 19.3 Å². The second kappa shape index (κ2) is 17.9. The van der Waals surface area contributed by atoms with Gasteiger partial charge in [-0.15, -0.1) is 0 Å². The van der Waals surface area contributed by atoms with E-state index in [0.29, 0.717) is 49.4 Å². The molecule has 0 saturated heterocycles. The number of hydrogen-bond donors (Lipinski definition) is 1. The summed E-state index contributed by atoms with van der Waals surface area (Å²) >= 11 is 0. The van der Waals surface area contributed by atoms with Crippen LogP contribution in [-0.4, -0.2) is 63.6 Å². The molecule has 0 radical (unpaired) electrons. The van der Waals surface area contributed by atoms with Crippen LogP contribution in [0.25, 0.3) is 0 Å². The molecule has 1 aliphatic rings. The molecule has 0 atom stereocenters. The molecule has 0 aromatic heterocycles. The van der Waals surface area contributed by atoms with Crippen LogP contribution >= 0.6 is 0 Å². The average Bonchev–Trinajstić information content (AvgIpc) is 2.95. The van der Waals surface area contributed by atoms with Gasteiger partial charge in [-0.3, -0.25) is 0 Å². The standard InChI is InChI=1S/C31H46O7/c1-2-3-4-5-6-7-8-13-18-31(38-20-19-32)25-36-29-16-11-9-14-27(29)34-23-21-33-22-24-35-28-15-10-12-17-30(28)37-26-31/h9-12,14-17,32H,2-8,13,18-26H2,1H3. The van der Waals surface area contributed by atoms with Gasteiger partial charge in [0, 0.05) is 0 Å². The Morgan fingerprint density at radius 2 is 1.13 bits per heavy atom. The number of para-hydroxylation sites is 4. The summed E-state index contributed by atoms with van der Waals surface area (Å²) in [6.45, 7) is 4.61. The van der Waals surface area contributed by atoms with Crippen molar-refractivity contribution in [2.75, 3.05) is 52.9 Å². The van der Waals surface area contributed by atoms with Gasteiger partial charge in [0.2, 0.25) is 0 Å². The Balaban J connectivity index is 1.75. The van der Waals surface area contributed by atoms with Crippen molar-refractivity contribution < 1.29 is 33.5 Å². The van der Waals surface area contributed by atoms with Crippen LogP contribution in [0.3, 0.4) is 0 Å². The van der Waals surface area contributed by atoms with Crippen molar-refractivity contribution in [1.29, 1.82) is 0 Å². The van der Waals surface area contributed by atoms with E-state index in [1.165, 1.54) is 38.5 Å². The highest BCUT2D eigenvalue weighted by Crippen LogP contribution is 2.32. The van der Waals surface area contributed by atoms with Gasteiger partial charge in [0.1, 0.15) is 32.0 Å². The molecule has 38 heavy (non-hydrogen) atoms. The molecule has 0 amide bonds. The van der Waals surface area contributed by atoms with Gasteiger partial charge in [0.15, 0.2) is 23.0 Å². The van der Waals surface area contributed by atoms with E-state index in [9.17, 15) is 5.11 Å². The van der Waals surface area contributed by atoms with Gasteiger partial charge < -0.3 is 33.5 Å². The van der Waals surface area contributed by atoms with Crippen molar-refractivity contribution in [1.82, 2.24) is 0 Å². The predicted octanol–water partition coefficient (Wildman–Crippen LogP) is 6.21. The second-order valence-electron chi connectivity index (χ2n) is 9.76. The molecule has 1 N–H and O–H groups in total. The molecule has 2 aromatic carbocycles. The summed E-state index contributed by atoms with van der Waals surface area (Å²) in [5.74, 6) is 2.62. The summed E-state index contributed by atoms with van der Waals surface area (Å²) in [5, 5.41) is 9.62. The summed E-state index contributed by atoms with van der Waals surface area (Å²) in [6, 6.07) is 15.3. The maximum Gasteiger partial charge on any atom is 0.161 e. The van der Waals surface area contributed by atoms with Crippen LogP contribution in [0.5, 0.6) is 23.0 Å². The smallest absolute Gasteiger partial charge is 0.161 e. The number of rotatable bonds is 12. The molecule has 0 bridgehead atoms. The van der Waals surface area contributed by atoms with Crippen molar-refractivity contribution in [3.05, 3.63) is 48.5 Å². The lowest BCUT2D eigenvalue weighted by Crippen LogP contribution is -2.45. The normalized spacial score (nSPS) is 16.2. The fourth-order valence-corrected chi connectivity index (χ4v) is 4.50. The van der Waals surface area contributed by atoms with Crippen LogP contribution in [0, 0.1) is 0 Å². The van der Waals surface area contributed by atoms with E-state index in [1.807, 2.05) is 48.5 Å². The highest BCUT2D eigenvalue weighted by Gasteiger charge is 2.34. The molecule has 0 unspecified atom stereocenters.